The van der Waals surface area contributed by atoms with Crippen LogP contribution in [-0.2, 0) is 19.1 Å². The monoisotopic (exact) mass is 598 g/mol. The van der Waals surface area contributed by atoms with Crippen LogP contribution in [0.15, 0.2) is 92.4 Å². The number of methoxy groups -OCH3 is 1. The fourth-order valence-corrected chi connectivity index (χ4v) is 6.28. The first kappa shape index (κ1) is 27.6. The van der Waals surface area contributed by atoms with Crippen molar-refractivity contribution in [2.45, 2.75) is 13.0 Å². The maximum Gasteiger partial charge on any atom is 0.379 e. The Labute approximate surface area is 246 Å². The van der Waals surface area contributed by atoms with Gasteiger partial charge in [-0.25, -0.2) is 14.6 Å². The zero-order valence-corrected chi connectivity index (χ0v) is 23.5. The normalized spacial score (nSPS) is 16.8. The summed E-state index contributed by atoms with van der Waals surface area (Å²) in [5, 5.41) is 0. The zero-order chi connectivity index (χ0) is 30.4. The van der Waals surface area contributed by atoms with Gasteiger partial charge in [0.25, 0.3) is 11.5 Å². The lowest BCUT2D eigenvalue weighted by atomic mass is 9.96. The van der Waals surface area contributed by atoms with E-state index in [9.17, 15) is 24.0 Å². The SMILES string of the molecule is COC(=O)C1=C(C)N=c2s/c(=C3\C(=O)N(CC(N)=O)c4ccccc43)c(=O)n2C1c1ccc(OC(=O)c2ccco2)cc1. The van der Waals surface area contributed by atoms with E-state index in [0.29, 0.717) is 22.5 Å². The summed E-state index contributed by atoms with van der Waals surface area (Å²) in [7, 11) is 1.23. The van der Waals surface area contributed by atoms with Crippen molar-refractivity contribution in [3.63, 3.8) is 0 Å². The van der Waals surface area contributed by atoms with Crippen LogP contribution in [0.1, 0.15) is 34.6 Å². The molecule has 0 bridgehead atoms. The number of benzene rings is 2. The lowest BCUT2D eigenvalue weighted by Crippen LogP contribution is -2.41. The van der Waals surface area contributed by atoms with Gasteiger partial charge < -0.3 is 19.6 Å². The van der Waals surface area contributed by atoms with Crippen LogP contribution in [0.2, 0.25) is 0 Å². The first-order chi connectivity index (χ1) is 20.7. The third kappa shape index (κ3) is 4.65. The van der Waals surface area contributed by atoms with Gasteiger partial charge in [0.15, 0.2) is 4.80 Å². The van der Waals surface area contributed by atoms with E-state index in [2.05, 4.69) is 4.99 Å². The predicted molar refractivity (Wildman–Crippen MR) is 153 cm³/mol. The lowest BCUT2D eigenvalue weighted by molar-refractivity contribution is -0.136. The number of nitrogens with zero attached hydrogens (tertiary/aromatic N) is 3. The van der Waals surface area contributed by atoms with Gasteiger partial charge in [0.2, 0.25) is 11.7 Å². The molecular formula is C30H22N4O8S. The summed E-state index contributed by atoms with van der Waals surface area (Å²) in [5.41, 5.74) is 6.83. The van der Waals surface area contributed by atoms with E-state index in [4.69, 9.17) is 19.6 Å². The van der Waals surface area contributed by atoms with Gasteiger partial charge in [-0.15, -0.1) is 0 Å². The minimum atomic E-state index is -0.971. The quantitative estimate of drug-likeness (QED) is 0.257. The second-order valence-electron chi connectivity index (χ2n) is 9.58. The summed E-state index contributed by atoms with van der Waals surface area (Å²) >= 11 is 0.998. The Bertz CT molecular complexity index is 2040. The number of thiazole rings is 1. The molecule has 216 valence electrons. The number of carbonyl (C=O) groups is 4. The summed E-state index contributed by atoms with van der Waals surface area (Å²) in [6.45, 7) is 1.27. The second kappa shape index (κ2) is 10.7. The van der Waals surface area contributed by atoms with Crippen LogP contribution < -0.4 is 30.3 Å². The van der Waals surface area contributed by atoms with E-state index >= 15 is 0 Å². The van der Waals surface area contributed by atoms with Gasteiger partial charge in [-0.1, -0.05) is 41.7 Å². The fourth-order valence-electron chi connectivity index (χ4n) is 5.14. The highest BCUT2D eigenvalue weighted by Gasteiger charge is 2.37. The van der Waals surface area contributed by atoms with Crippen molar-refractivity contribution in [3.8, 4) is 5.75 Å². The van der Waals surface area contributed by atoms with E-state index in [-0.39, 0.29) is 38.5 Å². The molecule has 4 heterocycles. The maximum atomic E-state index is 14.2. The van der Waals surface area contributed by atoms with Crippen molar-refractivity contribution >= 4 is 46.4 Å². The number of esters is 2. The molecule has 43 heavy (non-hydrogen) atoms. The first-order valence-electron chi connectivity index (χ1n) is 12.9. The molecule has 2 aliphatic rings. The van der Waals surface area contributed by atoms with Crippen molar-refractivity contribution in [3.05, 3.63) is 115 Å². The molecule has 1 unspecified atom stereocenters. The van der Waals surface area contributed by atoms with Crippen LogP contribution in [0.3, 0.4) is 0 Å². The number of primary amides is 1. The molecule has 0 radical (unpaired) electrons. The molecule has 0 aliphatic carbocycles. The maximum absolute atomic E-state index is 14.2. The predicted octanol–water partition coefficient (Wildman–Crippen LogP) is 1.42. The van der Waals surface area contributed by atoms with Crippen molar-refractivity contribution in [2.24, 2.45) is 10.7 Å². The average molecular weight is 599 g/mol. The fraction of sp³-hybridized carbons (Fsp3) is 0.133. The molecule has 0 fully saturated rings. The smallest absolute Gasteiger partial charge is 0.379 e. The average Bonchev–Trinajstić information content (AvgIpc) is 3.70. The third-order valence-electron chi connectivity index (χ3n) is 7.00. The number of amides is 2. The minimum Gasteiger partial charge on any atom is -0.466 e. The molecular weight excluding hydrogens is 576 g/mol. The Kier molecular flexibility index (Phi) is 6.86. The van der Waals surface area contributed by atoms with Crippen LogP contribution in [0, 0.1) is 0 Å². The van der Waals surface area contributed by atoms with Crippen LogP contribution in [0.5, 0.6) is 5.75 Å². The van der Waals surface area contributed by atoms with Gasteiger partial charge >= 0.3 is 11.9 Å². The van der Waals surface area contributed by atoms with Crippen LogP contribution in [-0.4, -0.2) is 42.0 Å². The van der Waals surface area contributed by atoms with Crippen LogP contribution in [0.4, 0.5) is 5.69 Å². The standard InChI is InChI=1S/C30H22N4O8S/c1-15-22(29(39)40-2)24(16-9-11-17(12-10-16)42-28(38)20-8-5-13-41-20)34-27(37)25(43-30(34)32-15)23-18-6-3-4-7-19(18)33(26(23)36)14-21(31)35/h3-13,24H,14H2,1-2H3,(H2,31,35)/b25-23-. The van der Waals surface area contributed by atoms with Gasteiger partial charge in [-0.3, -0.25) is 23.9 Å². The highest BCUT2D eigenvalue weighted by Crippen LogP contribution is 2.35. The van der Waals surface area contributed by atoms with E-state index in [1.807, 2.05) is 0 Å². The molecule has 2 aromatic carbocycles. The minimum absolute atomic E-state index is 0.0291. The lowest BCUT2D eigenvalue weighted by Gasteiger charge is -2.24. The molecule has 2 aromatic heterocycles. The molecule has 6 rings (SSSR count). The van der Waals surface area contributed by atoms with Gasteiger partial charge in [0, 0.05) is 5.56 Å². The Balaban J connectivity index is 1.50. The second-order valence-corrected chi connectivity index (χ2v) is 10.6. The topological polar surface area (TPSA) is 164 Å². The summed E-state index contributed by atoms with van der Waals surface area (Å²) < 4.78 is 16.9. The number of ether oxygens (including phenoxy) is 2. The number of para-hydroxylation sites is 1. The van der Waals surface area contributed by atoms with Gasteiger partial charge in [-0.2, -0.15) is 0 Å². The summed E-state index contributed by atoms with van der Waals surface area (Å²) in [5.74, 6) is -2.39. The Morgan fingerprint density at radius 1 is 1.02 bits per heavy atom. The molecule has 1 atom stereocenters. The molecule has 2 N–H and O–H groups in total. The number of hydrogen-bond acceptors (Lipinski definition) is 10. The summed E-state index contributed by atoms with van der Waals surface area (Å²) in [6, 6.07) is 15.1. The Morgan fingerprint density at radius 2 is 1.77 bits per heavy atom. The van der Waals surface area contributed by atoms with Crippen LogP contribution in [0.25, 0.3) is 5.57 Å². The molecule has 2 aliphatic heterocycles. The van der Waals surface area contributed by atoms with Crippen molar-refractivity contribution in [1.29, 1.82) is 0 Å². The molecule has 4 aromatic rings. The summed E-state index contributed by atoms with van der Waals surface area (Å²) in [4.78, 5) is 70.8. The number of carbonyl (C=O) groups excluding carboxylic acids is 4. The molecule has 0 saturated carbocycles. The third-order valence-corrected chi connectivity index (χ3v) is 8.05. The largest absolute Gasteiger partial charge is 0.466 e. The van der Waals surface area contributed by atoms with Crippen molar-refractivity contribution in [1.82, 2.24) is 4.57 Å². The number of anilines is 1. The number of rotatable bonds is 6. The van der Waals surface area contributed by atoms with Gasteiger partial charge in [0.1, 0.15) is 16.8 Å². The van der Waals surface area contributed by atoms with Crippen LogP contribution >= 0.6 is 11.3 Å². The number of allylic oxidation sites excluding steroid dienone is 1. The Morgan fingerprint density at radius 3 is 2.44 bits per heavy atom. The number of aromatic nitrogens is 1. The number of nitrogens with two attached hydrogens (primary N) is 1. The summed E-state index contributed by atoms with van der Waals surface area (Å²) in [6.07, 6.45) is 1.35. The van der Waals surface area contributed by atoms with Crippen molar-refractivity contribution < 1.29 is 33.1 Å². The first-order valence-corrected chi connectivity index (χ1v) is 13.7. The van der Waals surface area contributed by atoms with E-state index in [1.54, 1.807) is 49.4 Å². The number of furan rings is 1. The van der Waals surface area contributed by atoms with E-state index in [0.717, 1.165) is 11.3 Å². The van der Waals surface area contributed by atoms with Gasteiger partial charge in [0.05, 0.1) is 41.9 Å². The molecule has 12 nitrogen and oxygen atoms in total. The molecule has 2 amide bonds. The molecule has 0 saturated heterocycles. The highest BCUT2D eigenvalue weighted by molar-refractivity contribution is 7.07. The highest BCUT2D eigenvalue weighted by atomic mass is 32.1. The van der Waals surface area contributed by atoms with Crippen molar-refractivity contribution in [2.75, 3.05) is 18.6 Å². The molecule has 0 spiro atoms. The number of hydrogen-bond donors (Lipinski definition) is 1. The Hall–Kier alpha value is -5.56. The zero-order valence-electron chi connectivity index (χ0n) is 22.7. The van der Waals surface area contributed by atoms with E-state index in [1.165, 1.54) is 41.0 Å². The molecule has 13 heteroatoms. The van der Waals surface area contributed by atoms with E-state index < -0.39 is 35.4 Å². The van der Waals surface area contributed by atoms with Gasteiger partial charge in [-0.05, 0) is 42.8 Å². The number of fused-ring (bicyclic) bond motifs is 2.